The van der Waals surface area contributed by atoms with E-state index >= 15 is 0 Å². The molecule has 2 saturated heterocycles. The summed E-state index contributed by atoms with van der Waals surface area (Å²) in [4.78, 5) is 37.7. The van der Waals surface area contributed by atoms with Crippen LogP contribution in [0, 0.1) is 0 Å². The van der Waals surface area contributed by atoms with E-state index in [1.807, 2.05) is 77.7 Å². The van der Waals surface area contributed by atoms with Crippen LogP contribution >= 0.6 is 0 Å². The SMILES string of the molecule is O=C(c1cc(-c2ccccc2)nc(-c2ccccc2)c1)N1CCN(C2CCN(C(=O)c3ccc(O)cc3O)CC2)CC1. The smallest absolute Gasteiger partial charge is 0.257 e. The lowest BCUT2D eigenvalue weighted by atomic mass is 10.0. The summed E-state index contributed by atoms with van der Waals surface area (Å²) < 4.78 is 0. The van der Waals surface area contributed by atoms with Crippen molar-refractivity contribution in [1.29, 1.82) is 0 Å². The van der Waals surface area contributed by atoms with Crippen molar-refractivity contribution in [1.82, 2.24) is 19.7 Å². The van der Waals surface area contributed by atoms with Gasteiger partial charge in [0.15, 0.2) is 0 Å². The van der Waals surface area contributed by atoms with E-state index in [0.29, 0.717) is 37.8 Å². The number of piperidine rings is 1. The van der Waals surface area contributed by atoms with Crippen molar-refractivity contribution in [2.24, 2.45) is 0 Å². The van der Waals surface area contributed by atoms with Gasteiger partial charge >= 0.3 is 0 Å². The first kappa shape index (κ1) is 27.5. The van der Waals surface area contributed by atoms with Gasteiger partial charge in [0, 0.05) is 68.1 Å². The van der Waals surface area contributed by atoms with Crippen LogP contribution in [0.2, 0.25) is 0 Å². The average molecular weight is 563 g/mol. The number of carbonyl (C=O) groups is 2. The molecule has 3 heterocycles. The first-order valence-electron chi connectivity index (χ1n) is 14.4. The van der Waals surface area contributed by atoms with Crippen molar-refractivity contribution in [2.45, 2.75) is 18.9 Å². The van der Waals surface area contributed by atoms with Crippen molar-refractivity contribution in [3.8, 4) is 34.0 Å². The van der Waals surface area contributed by atoms with Crippen LogP contribution in [-0.4, -0.2) is 87.0 Å². The van der Waals surface area contributed by atoms with Crippen molar-refractivity contribution in [3.05, 3.63) is 102 Å². The van der Waals surface area contributed by atoms with E-state index in [1.165, 1.54) is 18.2 Å². The Morgan fingerprint density at radius 1 is 0.643 bits per heavy atom. The molecule has 0 unspecified atom stereocenters. The van der Waals surface area contributed by atoms with Gasteiger partial charge in [-0.3, -0.25) is 14.5 Å². The molecule has 4 aromatic rings. The maximum atomic E-state index is 13.8. The van der Waals surface area contributed by atoms with E-state index in [-0.39, 0.29) is 28.9 Å². The summed E-state index contributed by atoms with van der Waals surface area (Å²) in [6.07, 6.45) is 1.67. The van der Waals surface area contributed by atoms with E-state index in [0.717, 1.165) is 48.4 Å². The van der Waals surface area contributed by atoms with E-state index in [2.05, 4.69) is 4.90 Å². The zero-order valence-electron chi connectivity index (χ0n) is 23.4. The number of hydrogen-bond donors (Lipinski definition) is 2. The number of piperazine rings is 1. The highest BCUT2D eigenvalue weighted by Crippen LogP contribution is 2.28. The quantitative estimate of drug-likeness (QED) is 0.360. The number of benzene rings is 3. The second-order valence-corrected chi connectivity index (χ2v) is 10.9. The highest BCUT2D eigenvalue weighted by molar-refractivity contribution is 5.97. The van der Waals surface area contributed by atoms with Gasteiger partial charge in [0.05, 0.1) is 17.0 Å². The second kappa shape index (κ2) is 12.0. The fourth-order valence-corrected chi connectivity index (χ4v) is 5.95. The molecule has 2 N–H and O–H groups in total. The fraction of sp³-hybridized carbons (Fsp3) is 0.265. The van der Waals surface area contributed by atoms with Gasteiger partial charge in [-0.2, -0.15) is 0 Å². The van der Waals surface area contributed by atoms with E-state index < -0.39 is 0 Å². The summed E-state index contributed by atoms with van der Waals surface area (Å²) in [7, 11) is 0. The number of likely N-dealkylation sites (tertiary alicyclic amines) is 1. The van der Waals surface area contributed by atoms with Gasteiger partial charge < -0.3 is 20.0 Å². The fourth-order valence-electron chi connectivity index (χ4n) is 5.95. The lowest BCUT2D eigenvalue weighted by Gasteiger charge is -2.42. The molecule has 2 aliphatic heterocycles. The Morgan fingerprint density at radius 3 is 1.74 bits per heavy atom. The maximum Gasteiger partial charge on any atom is 0.257 e. The third kappa shape index (κ3) is 5.85. The van der Waals surface area contributed by atoms with Gasteiger partial charge in [0.25, 0.3) is 11.8 Å². The number of rotatable bonds is 5. The Kier molecular flexibility index (Phi) is 7.88. The monoisotopic (exact) mass is 562 g/mol. The normalized spacial score (nSPS) is 16.4. The Hall–Kier alpha value is -4.69. The number of phenolic OH excluding ortho intramolecular Hbond substituents is 2. The Morgan fingerprint density at radius 2 is 1.19 bits per heavy atom. The number of pyridine rings is 1. The van der Waals surface area contributed by atoms with Crippen molar-refractivity contribution in [2.75, 3.05) is 39.3 Å². The van der Waals surface area contributed by atoms with Crippen LogP contribution < -0.4 is 0 Å². The molecule has 1 aromatic heterocycles. The predicted molar refractivity (Wildman–Crippen MR) is 161 cm³/mol. The highest BCUT2D eigenvalue weighted by atomic mass is 16.3. The lowest BCUT2D eigenvalue weighted by molar-refractivity contribution is 0.0411. The molecule has 3 aromatic carbocycles. The number of aromatic nitrogens is 1. The summed E-state index contributed by atoms with van der Waals surface area (Å²) in [6, 6.07) is 28.1. The molecule has 0 saturated carbocycles. The van der Waals surface area contributed by atoms with Gasteiger partial charge in [0.1, 0.15) is 11.5 Å². The number of phenols is 2. The summed E-state index contributed by atoms with van der Waals surface area (Å²) in [5.74, 6) is -0.481. The van der Waals surface area contributed by atoms with Gasteiger partial charge in [-0.15, -0.1) is 0 Å². The van der Waals surface area contributed by atoms with Crippen LogP contribution in [0.4, 0.5) is 0 Å². The molecule has 42 heavy (non-hydrogen) atoms. The summed E-state index contributed by atoms with van der Waals surface area (Å²) in [5, 5.41) is 19.6. The zero-order chi connectivity index (χ0) is 29.1. The van der Waals surface area contributed by atoms with Crippen LogP contribution in [0.15, 0.2) is 91.0 Å². The van der Waals surface area contributed by atoms with Gasteiger partial charge in [-0.05, 0) is 37.1 Å². The molecule has 0 radical (unpaired) electrons. The minimum absolute atomic E-state index is 0.0144. The van der Waals surface area contributed by atoms with Crippen molar-refractivity contribution >= 4 is 11.8 Å². The molecular formula is C34H34N4O4. The topological polar surface area (TPSA) is 97.2 Å². The number of aromatic hydroxyl groups is 2. The van der Waals surface area contributed by atoms with Gasteiger partial charge in [0.2, 0.25) is 0 Å². The van der Waals surface area contributed by atoms with Crippen molar-refractivity contribution in [3.63, 3.8) is 0 Å². The molecule has 2 aliphatic rings. The third-order valence-corrected chi connectivity index (χ3v) is 8.29. The van der Waals surface area contributed by atoms with Crippen LogP contribution in [-0.2, 0) is 0 Å². The van der Waals surface area contributed by atoms with Crippen LogP contribution in [0.1, 0.15) is 33.6 Å². The molecule has 0 aliphatic carbocycles. The predicted octanol–water partition coefficient (Wildman–Crippen LogP) is 4.89. The van der Waals surface area contributed by atoms with Crippen LogP contribution in [0.25, 0.3) is 22.5 Å². The van der Waals surface area contributed by atoms with Crippen LogP contribution in [0.3, 0.4) is 0 Å². The second-order valence-electron chi connectivity index (χ2n) is 10.9. The number of carbonyl (C=O) groups excluding carboxylic acids is 2. The lowest BCUT2D eigenvalue weighted by Crippen LogP contribution is -2.54. The largest absolute Gasteiger partial charge is 0.508 e. The van der Waals surface area contributed by atoms with Gasteiger partial charge in [-0.25, -0.2) is 4.98 Å². The maximum absolute atomic E-state index is 13.8. The molecule has 8 heteroatoms. The molecule has 2 amide bonds. The average Bonchev–Trinajstić information content (AvgIpc) is 3.05. The highest BCUT2D eigenvalue weighted by Gasteiger charge is 2.31. The molecule has 214 valence electrons. The molecule has 0 bridgehead atoms. The number of amides is 2. The molecule has 2 fully saturated rings. The standard InChI is InChI=1S/C34H34N4O4/c39-28-11-12-29(32(40)23-28)34(42)37-15-13-27(14-16-37)36-17-19-38(20-18-36)33(41)26-21-30(24-7-3-1-4-8-24)35-31(22-26)25-9-5-2-6-10-25/h1-12,21-23,27,39-40H,13-20H2. The Labute approximate surface area is 245 Å². The Bertz CT molecular complexity index is 1500. The Balaban J connectivity index is 1.10. The summed E-state index contributed by atoms with van der Waals surface area (Å²) >= 11 is 0. The van der Waals surface area contributed by atoms with Crippen molar-refractivity contribution < 1.29 is 19.8 Å². The minimum atomic E-state index is -0.219. The first-order chi connectivity index (χ1) is 20.5. The van der Waals surface area contributed by atoms with Crippen LogP contribution in [0.5, 0.6) is 11.5 Å². The molecule has 0 spiro atoms. The molecule has 0 atom stereocenters. The number of nitrogens with zero attached hydrogens (tertiary/aromatic N) is 4. The molecular weight excluding hydrogens is 528 g/mol. The van der Waals surface area contributed by atoms with E-state index in [1.54, 1.807) is 4.90 Å². The van der Waals surface area contributed by atoms with Gasteiger partial charge in [-0.1, -0.05) is 60.7 Å². The molecule has 8 nitrogen and oxygen atoms in total. The third-order valence-electron chi connectivity index (χ3n) is 8.29. The van der Waals surface area contributed by atoms with E-state index in [4.69, 9.17) is 4.98 Å². The summed E-state index contributed by atoms with van der Waals surface area (Å²) in [5.41, 5.74) is 4.35. The zero-order valence-corrected chi connectivity index (χ0v) is 23.4. The van der Waals surface area contributed by atoms with E-state index in [9.17, 15) is 19.8 Å². The number of hydrogen-bond acceptors (Lipinski definition) is 6. The minimum Gasteiger partial charge on any atom is -0.508 e. The molecule has 6 rings (SSSR count). The summed E-state index contributed by atoms with van der Waals surface area (Å²) in [6.45, 7) is 4.05. The first-order valence-corrected chi connectivity index (χ1v) is 14.4.